The van der Waals surface area contributed by atoms with E-state index in [1.807, 2.05) is 56.2 Å². The minimum atomic E-state index is -0.546. The summed E-state index contributed by atoms with van der Waals surface area (Å²) >= 11 is 0. The van der Waals surface area contributed by atoms with Gasteiger partial charge in [-0.15, -0.1) is 0 Å². The summed E-state index contributed by atoms with van der Waals surface area (Å²) in [6.45, 7) is 11.3. The van der Waals surface area contributed by atoms with Gasteiger partial charge in [0, 0.05) is 72.1 Å². The van der Waals surface area contributed by atoms with Crippen LogP contribution in [0.1, 0.15) is 68.6 Å². The quantitative estimate of drug-likeness (QED) is 0.539. The van der Waals surface area contributed by atoms with Crippen LogP contribution in [0, 0.1) is 5.92 Å². The van der Waals surface area contributed by atoms with Gasteiger partial charge in [-0.3, -0.25) is 9.79 Å². The molecule has 1 fully saturated rings. The van der Waals surface area contributed by atoms with Crippen LogP contribution in [0.2, 0.25) is 0 Å². The zero-order valence-electron chi connectivity index (χ0n) is 22.5. The lowest BCUT2D eigenvalue weighted by atomic mass is 9.98. The number of hydrogen-bond donors (Lipinski definition) is 0. The van der Waals surface area contributed by atoms with Gasteiger partial charge in [0.15, 0.2) is 0 Å². The Morgan fingerprint density at radius 2 is 1.86 bits per heavy atom. The highest BCUT2D eigenvalue weighted by molar-refractivity contribution is 6.00. The van der Waals surface area contributed by atoms with Crippen molar-refractivity contribution in [1.82, 2.24) is 14.4 Å². The molecule has 1 aromatic carbocycles. The first-order valence-corrected chi connectivity index (χ1v) is 13.5. The van der Waals surface area contributed by atoms with Crippen molar-refractivity contribution in [2.75, 3.05) is 19.6 Å². The van der Waals surface area contributed by atoms with Crippen molar-refractivity contribution < 1.29 is 14.3 Å². The van der Waals surface area contributed by atoms with Gasteiger partial charge in [-0.25, -0.2) is 4.79 Å². The molecule has 0 N–H and O–H groups in total. The van der Waals surface area contributed by atoms with E-state index in [4.69, 9.17) is 4.74 Å². The number of nitrogens with zero attached hydrogens (tertiary/aromatic N) is 4. The highest BCUT2D eigenvalue weighted by Crippen LogP contribution is 2.33. The van der Waals surface area contributed by atoms with Crippen molar-refractivity contribution >= 4 is 28.6 Å². The van der Waals surface area contributed by atoms with E-state index in [2.05, 4.69) is 28.6 Å². The molecule has 0 atom stereocenters. The molecule has 1 saturated heterocycles. The van der Waals surface area contributed by atoms with Crippen LogP contribution in [0.3, 0.4) is 0 Å². The topological polar surface area (TPSA) is 67.1 Å². The van der Waals surface area contributed by atoms with E-state index < -0.39 is 5.60 Å². The van der Waals surface area contributed by atoms with Gasteiger partial charge in [0.25, 0.3) is 5.91 Å². The molecule has 37 heavy (non-hydrogen) atoms. The Hall–Kier alpha value is -3.35. The van der Waals surface area contributed by atoms with Crippen LogP contribution in [0.25, 0.3) is 10.9 Å². The lowest BCUT2D eigenvalue weighted by Crippen LogP contribution is -2.40. The Morgan fingerprint density at radius 3 is 2.62 bits per heavy atom. The molecular formula is C30H38N4O3. The van der Waals surface area contributed by atoms with Crippen LogP contribution in [0.5, 0.6) is 0 Å². The molecule has 196 valence electrons. The van der Waals surface area contributed by atoms with Gasteiger partial charge in [-0.2, -0.15) is 0 Å². The molecule has 2 aromatic rings. The summed E-state index contributed by atoms with van der Waals surface area (Å²) in [5.74, 6) is 0.765. The summed E-state index contributed by atoms with van der Waals surface area (Å²) in [6, 6.07) is 6.08. The molecule has 0 bridgehead atoms. The smallest absolute Gasteiger partial charge is 0.410 e. The van der Waals surface area contributed by atoms with E-state index in [9.17, 15) is 9.59 Å². The predicted molar refractivity (Wildman–Crippen MR) is 147 cm³/mol. The Balaban J connectivity index is 1.52. The highest BCUT2D eigenvalue weighted by atomic mass is 16.6. The number of aliphatic imine (C=N–C) groups is 1. The summed E-state index contributed by atoms with van der Waals surface area (Å²) in [6.07, 6.45) is 11.3. The summed E-state index contributed by atoms with van der Waals surface area (Å²) in [4.78, 5) is 34.8. The Bertz CT molecular complexity index is 1290. The molecule has 3 aliphatic rings. The second-order valence-corrected chi connectivity index (χ2v) is 11.5. The summed E-state index contributed by atoms with van der Waals surface area (Å²) in [5.41, 5.74) is 4.66. The van der Waals surface area contributed by atoms with Crippen LogP contribution in [0.4, 0.5) is 4.79 Å². The fourth-order valence-corrected chi connectivity index (χ4v) is 5.46. The van der Waals surface area contributed by atoms with E-state index in [1.54, 1.807) is 4.90 Å². The first-order chi connectivity index (χ1) is 17.7. The zero-order valence-corrected chi connectivity index (χ0v) is 22.5. The highest BCUT2D eigenvalue weighted by Gasteiger charge is 2.30. The third-order valence-electron chi connectivity index (χ3n) is 7.51. The van der Waals surface area contributed by atoms with Crippen LogP contribution in [0.15, 0.2) is 47.6 Å². The molecule has 5 rings (SSSR count). The number of ether oxygens (including phenoxy) is 1. The van der Waals surface area contributed by atoms with E-state index in [-0.39, 0.29) is 12.0 Å². The minimum Gasteiger partial charge on any atom is -0.444 e. The summed E-state index contributed by atoms with van der Waals surface area (Å²) in [7, 11) is 0. The maximum absolute atomic E-state index is 13.4. The molecule has 0 aliphatic carbocycles. The van der Waals surface area contributed by atoms with Crippen molar-refractivity contribution in [1.29, 1.82) is 0 Å². The number of aromatic nitrogens is 1. The zero-order chi connectivity index (χ0) is 26.2. The van der Waals surface area contributed by atoms with Gasteiger partial charge in [0.1, 0.15) is 5.60 Å². The third kappa shape index (κ3) is 5.50. The number of carbonyl (C=O) groups is 2. The van der Waals surface area contributed by atoms with Gasteiger partial charge in [0.2, 0.25) is 0 Å². The van der Waals surface area contributed by atoms with E-state index in [1.165, 1.54) is 5.69 Å². The Labute approximate surface area is 219 Å². The summed E-state index contributed by atoms with van der Waals surface area (Å²) < 4.78 is 8.01. The number of amides is 2. The van der Waals surface area contributed by atoms with E-state index >= 15 is 0 Å². The standard InChI is InChI=1S/C30H38N4O3/c1-21-11-15-32(16-12-21)28(35)22-9-10-26-24(18-22)25-20-33(29(36)37-30(2,3)4)17-13-27(25)34(26)19-23-8-6-5-7-14-31-23/h5-7,9-10,14,18,21H,8,11-13,15-17,19-20H2,1-4H3. The molecular weight excluding hydrogens is 464 g/mol. The van der Waals surface area contributed by atoms with Crippen LogP contribution < -0.4 is 0 Å². The fraction of sp³-hybridized carbons (Fsp3) is 0.500. The monoisotopic (exact) mass is 502 g/mol. The van der Waals surface area contributed by atoms with Crippen LogP contribution in [-0.4, -0.2) is 57.3 Å². The van der Waals surface area contributed by atoms with Crippen molar-refractivity contribution in [3.63, 3.8) is 0 Å². The normalized spacial score (nSPS) is 18.5. The molecule has 7 nitrogen and oxygen atoms in total. The number of benzene rings is 1. The molecule has 4 heterocycles. The second-order valence-electron chi connectivity index (χ2n) is 11.5. The van der Waals surface area contributed by atoms with Crippen LogP contribution in [-0.2, 0) is 24.2 Å². The van der Waals surface area contributed by atoms with Crippen molar-refractivity contribution in [3.8, 4) is 0 Å². The molecule has 0 unspecified atom stereocenters. The van der Waals surface area contributed by atoms with Crippen molar-refractivity contribution in [2.45, 2.75) is 72.1 Å². The number of rotatable bonds is 3. The lowest BCUT2D eigenvalue weighted by Gasteiger charge is -2.31. The Kier molecular flexibility index (Phi) is 6.97. The number of allylic oxidation sites excluding steroid dienone is 3. The van der Waals surface area contributed by atoms with E-state index in [0.29, 0.717) is 31.1 Å². The first kappa shape index (κ1) is 25.3. The second kappa shape index (κ2) is 10.2. The molecule has 1 aromatic heterocycles. The lowest BCUT2D eigenvalue weighted by molar-refractivity contribution is 0.0223. The summed E-state index contributed by atoms with van der Waals surface area (Å²) in [5, 5.41) is 1.04. The number of likely N-dealkylation sites (tertiary alicyclic amines) is 1. The number of fused-ring (bicyclic) bond motifs is 3. The van der Waals surface area contributed by atoms with Crippen molar-refractivity contribution in [3.05, 3.63) is 59.4 Å². The molecule has 2 amide bonds. The fourth-order valence-electron chi connectivity index (χ4n) is 5.46. The number of hydrogen-bond acceptors (Lipinski definition) is 4. The third-order valence-corrected chi connectivity index (χ3v) is 7.51. The maximum Gasteiger partial charge on any atom is 0.410 e. The average Bonchev–Trinajstić information content (AvgIpc) is 2.99. The number of piperidine rings is 1. The largest absolute Gasteiger partial charge is 0.444 e. The first-order valence-electron chi connectivity index (χ1n) is 13.5. The molecule has 7 heteroatoms. The number of carbonyl (C=O) groups excluding carboxylic acids is 2. The van der Waals surface area contributed by atoms with Gasteiger partial charge < -0.3 is 19.1 Å². The van der Waals surface area contributed by atoms with Gasteiger partial charge in [-0.1, -0.05) is 19.1 Å². The average molecular weight is 503 g/mol. The van der Waals surface area contributed by atoms with Crippen LogP contribution >= 0.6 is 0 Å². The molecule has 0 radical (unpaired) electrons. The minimum absolute atomic E-state index is 0.0959. The predicted octanol–water partition coefficient (Wildman–Crippen LogP) is 5.72. The molecule has 0 saturated carbocycles. The van der Waals surface area contributed by atoms with E-state index in [0.717, 1.165) is 61.0 Å². The maximum atomic E-state index is 13.4. The molecule has 3 aliphatic heterocycles. The molecule has 0 spiro atoms. The Morgan fingerprint density at radius 1 is 1.08 bits per heavy atom. The van der Waals surface area contributed by atoms with Gasteiger partial charge in [-0.05, 0) is 63.8 Å². The van der Waals surface area contributed by atoms with Gasteiger partial charge in [0.05, 0.1) is 13.1 Å². The SMILES string of the molecule is CC1CCN(C(=O)c2ccc3c(c2)c2c(n3CC3=NC=CC=CC3)CCN(C(=O)OC(C)(C)C)C2)CC1. The van der Waals surface area contributed by atoms with Gasteiger partial charge >= 0.3 is 6.09 Å². The van der Waals surface area contributed by atoms with Crippen molar-refractivity contribution in [2.24, 2.45) is 10.9 Å².